The van der Waals surface area contributed by atoms with Gasteiger partial charge >= 0.3 is 5.97 Å². The highest BCUT2D eigenvalue weighted by molar-refractivity contribution is 6.31. The number of esters is 1. The van der Waals surface area contributed by atoms with Gasteiger partial charge in [-0.3, -0.25) is 0 Å². The first-order valence-electron chi connectivity index (χ1n) is 7.57. The number of carbonyl (C=O) groups is 1. The van der Waals surface area contributed by atoms with Gasteiger partial charge in [-0.15, -0.1) is 0 Å². The number of hydrogen-bond donors (Lipinski definition) is 0. The van der Waals surface area contributed by atoms with Gasteiger partial charge in [0.15, 0.2) is 0 Å². The fraction of sp³-hybridized carbons (Fsp3) is 0.0500. The van der Waals surface area contributed by atoms with Crippen LogP contribution >= 0.6 is 11.6 Å². The third-order valence-electron chi connectivity index (χ3n) is 3.49. The largest absolute Gasteiger partial charge is 0.457 e. The average molecular weight is 357 g/mol. The molecule has 3 aromatic carbocycles. The molecule has 0 saturated carbocycles. The zero-order valence-electron chi connectivity index (χ0n) is 13.1. The van der Waals surface area contributed by atoms with Crippen LogP contribution in [0.15, 0.2) is 72.8 Å². The zero-order chi connectivity index (χ0) is 17.6. The molecule has 3 nitrogen and oxygen atoms in total. The molecule has 0 aliphatic heterocycles. The SMILES string of the molecule is O=C(OCc1c(F)cccc1Cl)c1ccccc1Oc1ccccc1. The molecule has 0 saturated heterocycles. The van der Waals surface area contributed by atoms with Crippen LogP contribution in [0.2, 0.25) is 5.02 Å². The molecule has 0 atom stereocenters. The van der Waals surface area contributed by atoms with Crippen molar-refractivity contribution >= 4 is 17.6 Å². The molecule has 0 aliphatic carbocycles. The molecule has 5 heteroatoms. The van der Waals surface area contributed by atoms with E-state index in [0.29, 0.717) is 11.5 Å². The molecule has 0 aromatic heterocycles. The quantitative estimate of drug-likeness (QED) is 0.556. The Bertz CT molecular complexity index is 861. The minimum absolute atomic E-state index is 0.138. The van der Waals surface area contributed by atoms with E-state index < -0.39 is 11.8 Å². The molecule has 0 unspecified atom stereocenters. The molecule has 0 N–H and O–H groups in total. The molecular weight excluding hydrogens is 343 g/mol. The molecule has 0 aliphatic rings. The van der Waals surface area contributed by atoms with Crippen LogP contribution in [0.3, 0.4) is 0 Å². The summed E-state index contributed by atoms with van der Waals surface area (Å²) in [5.74, 6) is -0.182. The Balaban J connectivity index is 1.76. The predicted molar refractivity (Wildman–Crippen MR) is 93.5 cm³/mol. The van der Waals surface area contributed by atoms with Crippen LogP contribution in [-0.2, 0) is 11.3 Å². The standard InChI is InChI=1S/C20H14ClFO3/c21-17-10-6-11-18(22)16(17)13-24-20(23)15-9-4-5-12-19(15)25-14-7-2-1-3-8-14/h1-12H,13H2. The summed E-state index contributed by atoms with van der Waals surface area (Å²) in [5, 5.41) is 0.210. The molecule has 0 amide bonds. The summed E-state index contributed by atoms with van der Waals surface area (Å²) < 4.78 is 24.7. The lowest BCUT2D eigenvalue weighted by Crippen LogP contribution is -2.08. The number of ether oxygens (including phenoxy) is 2. The monoisotopic (exact) mass is 356 g/mol. The Hall–Kier alpha value is -2.85. The van der Waals surface area contributed by atoms with Crippen molar-refractivity contribution < 1.29 is 18.7 Å². The van der Waals surface area contributed by atoms with Crippen LogP contribution in [0.5, 0.6) is 11.5 Å². The lowest BCUT2D eigenvalue weighted by atomic mass is 10.2. The molecule has 0 spiro atoms. The molecule has 0 bridgehead atoms. The Morgan fingerprint density at radius 2 is 1.64 bits per heavy atom. The van der Waals surface area contributed by atoms with Gasteiger partial charge in [0, 0.05) is 5.56 Å². The lowest BCUT2D eigenvalue weighted by molar-refractivity contribution is 0.0466. The second-order valence-electron chi connectivity index (χ2n) is 5.19. The van der Waals surface area contributed by atoms with Crippen molar-refractivity contribution in [3.8, 4) is 11.5 Å². The van der Waals surface area contributed by atoms with E-state index in [1.54, 1.807) is 42.5 Å². The van der Waals surface area contributed by atoms with Crippen molar-refractivity contribution in [2.75, 3.05) is 0 Å². The van der Waals surface area contributed by atoms with Crippen molar-refractivity contribution in [1.82, 2.24) is 0 Å². The van der Waals surface area contributed by atoms with Gasteiger partial charge in [0.1, 0.15) is 29.5 Å². The summed E-state index contributed by atoms with van der Waals surface area (Å²) in [5.41, 5.74) is 0.387. The van der Waals surface area contributed by atoms with Gasteiger partial charge in [0.05, 0.1) is 5.02 Å². The van der Waals surface area contributed by atoms with E-state index in [0.717, 1.165) is 0 Å². The maximum Gasteiger partial charge on any atom is 0.342 e. The van der Waals surface area contributed by atoms with Crippen molar-refractivity contribution in [3.63, 3.8) is 0 Å². The third-order valence-corrected chi connectivity index (χ3v) is 3.84. The molecule has 126 valence electrons. The molecule has 3 aromatic rings. The highest BCUT2D eigenvalue weighted by Crippen LogP contribution is 2.26. The summed E-state index contributed by atoms with van der Waals surface area (Å²) in [6, 6.07) is 20.1. The summed E-state index contributed by atoms with van der Waals surface area (Å²) >= 11 is 5.94. The van der Waals surface area contributed by atoms with E-state index in [1.807, 2.05) is 18.2 Å². The van der Waals surface area contributed by atoms with Gasteiger partial charge in [-0.25, -0.2) is 9.18 Å². The second kappa shape index (κ2) is 7.81. The number of para-hydroxylation sites is 2. The third kappa shape index (κ3) is 4.17. The number of halogens is 2. The maximum atomic E-state index is 13.8. The van der Waals surface area contributed by atoms with Gasteiger partial charge in [0.2, 0.25) is 0 Å². The van der Waals surface area contributed by atoms with Crippen molar-refractivity contribution in [2.45, 2.75) is 6.61 Å². The lowest BCUT2D eigenvalue weighted by Gasteiger charge is -2.11. The number of hydrogen-bond acceptors (Lipinski definition) is 3. The van der Waals surface area contributed by atoms with E-state index in [1.165, 1.54) is 12.1 Å². The Morgan fingerprint density at radius 1 is 0.920 bits per heavy atom. The van der Waals surface area contributed by atoms with Crippen molar-refractivity contribution in [1.29, 1.82) is 0 Å². The first-order chi connectivity index (χ1) is 12.1. The van der Waals surface area contributed by atoms with Crippen molar-refractivity contribution in [2.24, 2.45) is 0 Å². The smallest absolute Gasteiger partial charge is 0.342 e. The normalized spacial score (nSPS) is 10.3. The minimum atomic E-state index is -0.620. The molecule has 0 radical (unpaired) electrons. The van der Waals surface area contributed by atoms with Crippen LogP contribution in [0.1, 0.15) is 15.9 Å². The topological polar surface area (TPSA) is 35.5 Å². The van der Waals surface area contributed by atoms with Crippen LogP contribution in [0.25, 0.3) is 0 Å². The molecular formula is C20H14ClFO3. The van der Waals surface area contributed by atoms with Crippen LogP contribution in [-0.4, -0.2) is 5.97 Å². The molecule has 25 heavy (non-hydrogen) atoms. The molecule has 3 rings (SSSR count). The number of benzene rings is 3. The van der Waals surface area contributed by atoms with Gasteiger partial charge in [0.25, 0.3) is 0 Å². The first-order valence-corrected chi connectivity index (χ1v) is 7.95. The average Bonchev–Trinajstić information content (AvgIpc) is 2.62. The van der Waals surface area contributed by atoms with Gasteiger partial charge in [-0.1, -0.05) is 48.0 Å². The van der Waals surface area contributed by atoms with Gasteiger partial charge < -0.3 is 9.47 Å². The van der Waals surface area contributed by atoms with Gasteiger partial charge in [-0.2, -0.15) is 0 Å². The van der Waals surface area contributed by atoms with E-state index in [4.69, 9.17) is 21.1 Å². The predicted octanol–water partition coefficient (Wildman–Crippen LogP) is 5.63. The molecule has 0 fully saturated rings. The zero-order valence-corrected chi connectivity index (χ0v) is 13.9. The second-order valence-corrected chi connectivity index (χ2v) is 5.59. The highest BCUT2D eigenvalue weighted by atomic mass is 35.5. The first kappa shape index (κ1) is 17.0. The van der Waals surface area contributed by atoms with Gasteiger partial charge in [-0.05, 0) is 36.4 Å². The Labute approximate surface area is 149 Å². The summed E-state index contributed by atoms with van der Waals surface area (Å²) in [6.07, 6.45) is 0. The van der Waals surface area contributed by atoms with E-state index >= 15 is 0 Å². The van der Waals surface area contributed by atoms with E-state index in [2.05, 4.69) is 0 Å². The number of rotatable bonds is 5. The fourth-order valence-electron chi connectivity index (χ4n) is 2.23. The van der Waals surface area contributed by atoms with Crippen molar-refractivity contribution in [3.05, 3.63) is 94.8 Å². The minimum Gasteiger partial charge on any atom is -0.457 e. The van der Waals surface area contributed by atoms with Crippen LogP contribution < -0.4 is 4.74 Å². The van der Waals surface area contributed by atoms with Crippen LogP contribution in [0, 0.1) is 5.82 Å². The maximum absolute atomic E-state index is 13.8. The Kier molecular flexibility index (Phi) is 5.31. The molecule has 0 heterocycles. The number of carbonyl (C=O) groups excluding carboxylic acids is 1. The van der Waals surface area contributed by atoms with E-state index in [-0.39, 0.29) is 22.8 Å². The summed E-state index contributed by atoms with van der Waals surface area (Å²) in [7, 11) is 0. The Morgan fingerprint density at radius 3 is 2.40 bits per heavy atom. The summed E-state index contributed by atoms with van der Waals surface area (Å²) in [4.78, 5) is 12.4. The highest BCUT2D eigenvalue weighted by Gasteiger charge is 2.16. The van der Waals surface area contributed by atoms with E-state index in [9.17, 15) is 9.18 Å². The fourth-order valence-corrected chi connectivity index (χ4v) is 2.44. The summed E-state index contributed by atoms with van der Waals surface area (Å²) in [6.45, 7) is -0.260. The van der Waals surface area contributed by atoms with Crippen LogP contribution in [0.4, 0.5) is 4.39 Å².